The second-order valence-corrected chi connectivity index (χ2v) is 5.10. The van der Waals surface area contributed by atoms with E-state index < -0.39 is 5.82 Å². The first kappa shape index (κ1) is 12.9. The van der Waals surface area contributed by atoms with Gasteiger partial charge in [-0.2, -0.15) is 0 Å². The van der Waals surface area contributed by atoms with Crippen molar-refractivity contribution in [1.29, 1.82) is 0 Å². The van der Waals surface area contributed by atoms with Crippen LogP contribution >= 0.6 is 15.9 Å². The molecule has 3 aromatic rings. The molecule has 0 unspecified atom stereocenters. The molecule has 0 aliphatic heterocycles. The van der Waals surface area contributed by atoms with Crippen LogP contribution in [0.1, 0.15) is 0 Å². The van der Waals surface area contributed by atoms with Crippen molar-refractivity contribution in [2.75, 3.05) is 12.8 Å². The zero-order valence-electron chi connectivity index (χ0n) is 10.6. The Labute approximate surface area is 123 Å². The van der Waals surface area contributed by atoms with Crippen LogP contribution in [0.3, 0.4) is 0 Å². The Morgan fingerprint density at radius 2 is 2.15 bits per heavy atom. The number of nitrogen functional groups attached to an aromatic ring is 1. The summed E-state index contributed by atoms with van der Waals surface area (Å²) in [5.41, 5.74) is 7.93. The Balaban J connectivity index is 2.22. The largest absolute Gasteiger partial charge is 0.494 e. The van der Waals surface area contributed by atoms with Crippen molar-refractivity contribution in [2.45, 2.75) is 0 Å². The maximum Gasteiger partial charge on any atom is 0.165 e. The summed E-state index contributed by atoms with van der Waals surface area (Å²) in [5, 5.41) is 0. The summed E-state index contributed by atoms with van der Waals surface area (Å²) in [5.74, 6) is 0.212. The number of nitrogens with two attached hydrogens (primary N) is 1. The van der Waals surface area contributed by atoms with E-state index in [1.165, 1.54) is 13.2 Å². The van der Waals surface area contributed by atoms with Crippen LogP contribution in [0.2, 0.25) is 0 Å². The number of rotatable bonds is 2. The van der Waals surface area contributed by atoms with Crippen LogP contribution in [0.4, 0.5) is 10.2 Å². The number of pyridine rings is 1. The summed E-state index contributed by atoms with van der Waals surface area (Å²) in [6.45, 7) is 0. The lowest BCUT2D eigenvalue weighted by molar-refractivity contribution is 0.386. The first-order valence-corrected chi connectivity index (χ1v) is 6.67. The number of nitrogens with zero attached hydrogens (tertiary/aromatic N) is 2. The van der Waals surface area contributed by atoms with E-state index in [0.717, 1.165) is 4.47 Å². The zero-order valence-corrected chi connectivity index (χ0v) is 12.2. The van der Waals surface area contributed by atoms with Crippen LogP contribution in [-0.4, -0.2) is 16.5 Å². The number of hydrogen-bond donors (Lipinski definition) is 1. The van der Waals surface area contributed by atoms with Gasteiger partial charge >= 0.3 is 0 Å². The number of hydrogen-bond acceptors (Lipinski definition) is 3. The van der Waals surface area contributed by atoms with E-state index in [-0.39, 0.29) is 5.75 Å². The molecule has 0 aliphatic carbocycles. The van der Waals surface area contributed by atoms with Gasteiger partial charge in [0.2, 0.25) is 0 Å². The van der Waals surface area contributed by atoms with Gasteiger partial charge in [-0.05, 0) is 46.3 Å². The van der Waals surface area contributed by atoms with E-state index in [1.807, 2.05) is 18.3 Å². The van der Waals surface area contributed by atoms with Crippen molar-refractivity contribution in [1.82, 2.24) is 9.38 Å². The smallest absolute Gasteiger partial charge is 0.165 e. The van der Waals surface area contributed by atoms with Crippen LogP contribution in [-0.2, 0) is 0 Å². The predicted octanol–water partition coefficient (Wildman–Crippen LogP) is 3.49. The maximum atomic E-state index is 13.8. The van der Waals surface area contributed by atoms with Crippen molar-refractivity contribution in [3.63, 3.8) is 0 Å². The number of ether oxygens (including phenoxy) is 1. The molecule has 0 spiro atoms. The highest BCUT2D eigenvalue weighted by Crippen LogP contribution is 2.31. The average molecular weight is 336 g/mol. The molecule has 3 rings (SSSR count). The van der Waals surface area contributed by atoms with Crippen LogP contribution in [0.5, 0.6) is 5.75 Å². The molecular weight excluding hydrogens is 325 g/mol. The molecule has 0 radical (unpaired) electrons. The highest BCUT2D eigenvalue weighted by Gasteiger charge is 2.14. The van der Waals surface area contributed by atoms with Crippen molar-refractivity contribution in [3.05, 3.63) is 46.8 Å². The lowest BCUT2D eigenvalue weighted by Crippen LogP contribution is -1.94. The molecule has 0 fully saturated rings. The fourth-order valence-corrected chi connectivity index (χ4v) is 2.51. The molecule has 4 nitrogen and oxygen atoms in total. The third-order valence-electron chi connectivity index (χ3n) is 3.06. The fourth-order valence-electron chi connectivity index (χ4n) is 2.08. The van der Waals surface area contributed by atoms with Gasteiger partial charge in [-0.3, -0.25) is 4.40 Å². The Morgan fingerprint density at radius 1 is 1.35 bits per heavy atom. The number of benzene rings is 1. The Hall–Kier alpha value is -2.08. The molecule has 0 saturated heterocycles. The van der Waals surface area contributed by atoms with Gasteiger partial charge < -0.3 is 10.5 Å². The number of imidazole rings is 1. The number of halogens is 2. The average Bonchev–Trinajstić information content (AvgIpc) is 2.78. The van der Waals surface area contributed by atoms with Gasteiger partial charge in [0.05, 0.1) is 11.6 Å². The number of methoxy groups -OCH3 is 1. The maximum absolute atomic E-state index is 13.8. The van der Waals surface area contributed by atoms with Crippen molar-refractivity contribution < 1.29 is 9.13 Å². The van der Waals surface area contributed by atoms with Crippen molar-refractivity contribution >= 4 is 27.4 Å². The molecule has 1 aromatic carbocycles. The van der Waals surface area contributed by atoms with Crippen LogP contribution in [0.25, 0.3) is 16.9 Å². The minimum atomic E-state index is -0.444. The number of aromatic nitrogens is 2. The van der Waals surface area contributed by atoms with Gasteiger partial charge in [-0.15, -0.1) is 0 Å². The molecule has 0 atom stereocenters. The molecule has 102 valence electrons. The molecule has 0 amide bonds. The summed E-state index contributed by atoms with van der Waals surface area (Å²) in [6.07, 6.45) is 1.81. The second-order valence-electron chi connectivity index (χ2n) is 4.24. The number of anilines is 1. The van der Waals surface area contributed by atoms with Gasteiger partial charge in [0.15, 0.2) is 17.2 Å². The SMILES string of the molecule is COc1ccc(-c2nc3c(Br)cccn3c2N)cc1F. The first-order chi connectivity index (χ1) is 9.61. The topological polar surface area (TPSA) is 52.5 Å². The minimum absolute atomic E-state index is 0.192. The van der Waals surface area contributed by atoms with Crippen LogP contribution in [0, 0.1) is 5.82 Å². The molecule has 2 N–H and O–H groups in total. The molecule has 2 heterocycles. The van der Waals surface area contributed by atoms with Gasteiger partial charge in [0.25, 0.3) is 0 Å². The third-order valence-corrected chi connectivity index (χ3v) is 3.68. The lowest BCUT2D eigenvalue weighted by atomic mass is 10.1. The standard InChI is InChI=1S/C14H11BrFN3O/c1-20-11-5-4-8(7-10(11)16)12-13(17)19-6-2-3-9(15)14(19)18-12/h2-7H,17H2,1H3. The normalized spacial score (nSPS) is 10.9. The third kappa shape index (κ3) is 1.92. The lowest BCUT2D eigenvalue weighted by Gasteiger charge is -2.04. The quantitative estimate of drug-likeness (QED) is 0.779. The molecule has 6 heteroatoms. The summed E-state index contributed by atoms with van der Waals surface area (Å²) in [6, 6.07) is 8.38. The highest BCUT2D eigenvalue weighted by atomic mass is 79.9. The molecule has 0 aliphatic rings. The monoisotopic (exact) mass is 335 g/mol. The van der Waals surface area contributed by atoms with E-state index in [4.69, 9.17) is 10.5 Å². The molecular formula is C14H11BrFN3O. The Bertz CT molecular complexity index is 800. The summed E-state index contributed by atoms with van der Waals surface area (Å²) >= 11 is 3.42. The Kier molecular flexibility index (Phi) is 3.10. The summed E-state index contributed by atoms with van der Waals surface area (Å²) in [7, 11) is 1.43. The molecule has 0 bridgehead atoms. The van der Waals surface area contributed by atoms with Gasteiger partial charge in [0.1, 0.15) is 11.5 Å². The molecule has 0 saturated carbocycles. The first-order valence-electron chi connectivity index (χ1n) is 5.88. The summed E-state index contributed by atoms with van der Waals surface area (Å²) < 4.78 is 21.3. The van der Waals surface area contributed by atoms with E-state index in [9.17, 15) is 4.39 Å². The molecule has 20 heavy (non-hydrogen) atoms. The van der Waals surface area contributed by atoms with Crippen molar-refractivity contribution in [2.24, 2.45) is 0 Å². The number of fused-ring (bicyclic) bond motifs is 1. The Morgan fingerprint density at radius 3 is 2.80 bits per heavy atom. The van der Waals surface area contributed by atoms with Gasteiger partial charge in [-0.1, -0.05) is 0 Å². The van der Waals surface area contributed by atoms with Crippen LogP contribution in [0.15, 0.2) is 41.0 Å². The van der Waals surface area contributed by atoms with E-state index in [2.05, 4.69) is 20.9 Å². The zero-order chi connectivity index (χ0) is 14.3. The minimum Gasteiger partial charge on any atom is -0.494 e. The van der Waals surface area contributed by atoms with Gasteiger partial charge in [-0.25, -0.2) is 9.37 Å². The van der Waals surface area contributed by atoms with E-state index in [0.29, 0.717) is 22.7 Å². The second kappa shape index (κ2) is 4.79. The van der Waals surface area contributed by atoms with Gasteiger partial charge in [0, 0.05) is 11.8 Å². The highest BCUT2D eigenvalue weighted by molar-refractivity contribution is 9.10. The molecule has 2 aromatic heterocycles. The van der Waals surface area contributed by atoms with E-state index >= 15 is 0 Å². The fraction of sp³-hybridized carbons (Fsp3) is 0.0714. The van der Waals surface area contributed by atoms with Crippen LogP contribution < -0.4 is 10.5 Å². The van der Waals surface area contributed by atoms with Crippen molar-refractivity contribution in [3.8, 4) is 17.0 Å². The predicted molar refractivity (Wildman–Crippen MR) is 79.3 cm³/mol. The summed E-state index contributed by atoms with van der Waals surface area (Å²) in [4.78, 5) is 4.46. The van der Waals surface area contributed by atoms with E-state index in [1.54, 1.807) is 16.5 Å².